The van der Waals surface area contributed by atoms with Gasteiger partial charge < -0.3 is 10.1 Å². The van der Waals surface area contributed by atoms with E-state index in [1.807, 2.05) is 24.3 Å². The highest BCUT2D eigenvalue weighted by atomic mass is 32.1. The molecular formula is C19H23N3O2S. The fraction of sp³-hybridized carbons (Fsp3) is 0.474. The van der Waals surface area contributed by atoms with Gasteiger partial charge in [0.1, 0.15) is 10.8 Å². The second-order valence-corrected chi connectivity index (χ2v) is 8.24. The largest absolute Gasteiger partial charge is 0.496 e. The molecule has 2 aliphatic rings. The predicted molar refractivity (Wildman–Crippen MR) is 98.7 cm³/mol. The lowest BCUT2D eigenvalue weighted by molar-refractivity contribution is -0.126. The van der Waals surface area contributed by atoms with Crippen molar-refractivity contribution in [3.63, 3.8) is 0 Å². The van der Waals surface area contributed by atoms with Crippen LogP contribution in [0.25, 0.3) is 11.3 Å². The van der Waals surface area contributed by atoms with Crippen molar-refractivity contribution >= 4 is 17.2 Å². The van der Waals surface area contributed by atoms with Gasteiger partial charge >= 0.3 is 0 Å². The third kappa shape index (κ3) is 3.55. The monoisotopic (exact) mass is 357 g/mol. The van der Waals surface area contributed by atoms with E-state index in [0.29, 0.717) is 0 Å². The first-order valence-corrected chi connectivity index (χ1v) is 9.56. The molecular weight excluding hydrogens is 334 g/mol. The first kappa shape index (κ1) is 16.5. The van der Waals surface area contributed by atoms with Crippen LogP contribution in [-0.2, 0) is 11.3 Å². The minimum absolute atomic E-state index is 0.0809. The van der Waals surface area contributed by atoms with Crippen LogP contribution in [0.15, 0.2) is 29.6 Å². The molecule has 4 rings (SSSR count). The van der Waals surface area contributed by atoms with Crippen molar-refractivity contribution in [3.05, 3.63) is 34.7 Å². The molecule has 6 heteroatoms. The van der Waals surface area contributed by atoms with Gasteiger partial charge in [-0.05, 0) is 31.9 Å². The SMILES string of the molecule is COc1ccccc1-c1csc(CN2CC(C)(NC(=O)C3CC3)C2)n1. The summed E-state index contributed by atoms with van der Waals surface area (Å²) in [7, 11) is 1.68. The van der Waals surface area contributed by atoms with E-state index in [9.17, 15) is 4.79 Å². The molecule has 1 N–H and O–H groups in total. The molecule has 0 spiro atoms. The minimum atomic E-state index is -0.0809. The molecule has 1 aromatic heterocycles. The quantitative estimate of drug-likeness (QED) is 0.864. The minimum Gasteiger partial charge on any atom is -0.496 e. The van der Waals surface area contributed by atoms with Gasteiger partial charge in [0, 0.05) is 30.0 Å². The maximum atomic E-state index is 11.9. The summed E-state index contributed by atoms with van der Waals surface area (Å²) < 4.78 is 5.43. The molecule has 2 fully saturated rings. The van der Waals surface area contributed by atoms with Crippen LogP contribution < -0.4 is 10.1 Å². The summed E-state index contributed by atoms with van der Waals surface area (Å²) in [6, 6.07) is 7.95. The zero-order chi connectivity index (χ0) is 17.4. The van der Waals surface area contributed by atoms with Crippen LogP contribution in [0.3, 0.4) is 0 Å². The van der Waals surface area contributed by atoms with Crippen LogP contribution in [-0.4, -0.2) is 41.5 Å². The zero-order valence-corrected chi connectivity index (χ0v) is 15.4. The number of para-hydroxylation sites is 1. The van der Waals surface area contributed by atoms with Crippen LogP contribution in [0.2, 0.25) is 0 Å². The summed E-state index contributed by atoms with van der Waals surface area (Å²) in [6.45, 7) is 4.73. The lowest BCUT2D eigenvalue weighted by Crippen LogP contribution is -2.68. The van der Waals surface area contributed by atoms with Crippen molar-refractivity contribution in [2.45, 2.75) is 31.8 Å². The molecule has 0 atom stereocenters. The average Bonchev–Trinajstić information content (AvgIpc) is 3.33. The van der Waals surface area contributed by atoms with E-state index in [1.54, 1.807) is 18.4 Å². The Bertz CT molecular complexity index is 778. The lowest BCUT2D eigenvalue weighted by Gasteiger charge is -2.48. The number of hydrogen-bond acceptors (Lipinski definition) is 5. The van der Waals surface area contributed by atoms with Crippen molar-refractivity contribution < 1.29 is 9.53 Å². The van der Waals surface area contributed by atoms with E-state index in [2.05, 4.69) is 22.5 Å². The van der Waals surface area contributed by atoms with Gasteiger partial charge in [0.25, 0.3) is 0 Å². The third-order valence-electron chi connectivity index (χ3n) is 4.81. The van der Waals surface area contributed by atoms with Gasteiger partial charge in [0.2, 0.25) is 5.91 Å². The van der Waals surface area contributed by atoms with E-state index in [-0.39, 0.29) is 17.4 Å². The molecule has 2 heterocycles. The van der Waals surface area contributed by atoms with Gasteiger partial charge in [-0.1, -0.05) is 12.1 Å². The highest BCUT2D eigenvalue weighted by Gasteiger charge is 2.42. The Kier molecular flexibility index (Phi) is 4.25. The number of aromatic nitrogens is 1. The van der Waals surface area contributed by atoms with Gasteiger partial charge in [-0.15, -0.1) is 11.3 Å². The van der Waals surface area contributed by atoms with Crippen molar-refractivity contribution in [2.75, 3.05) is 20.2 Å². The number of carbonyl (C=O) groups is 1. The molecule has 1 saturated carbocycles. The molecule has 0 unspecified atom stereocenters. The Labute approximate surface area is 152 Å². The fourth-order valence-corrected chi connectivity index (χ4v) is 4.27. The van der Waals surface area contributed by atoms with Gasteiger partial charge in [-0.25, -0.2) is 4.98 Å². The van der Waals surface area contributed by atoms with E-state index < -0.39 is 0 Å². The predicted octanol–water partition coefficient (Wildman–Crippen LogP) is 2.92. The highest BCUT2D eigenvalue weighted by Crippen LogP contribution is 2.33. The molecule has 1 aromatic carbocycles. The van der Waals surface area contributed by atoms with Gasteiger partial charge in [0.05, 0.1) is 24.9 Å². The van der Waals surface area contributed by atoms with Crippen LogP contribution in [0.4, 0.5) is 0 Å². The summed E-state index contributed by atoms with van der Waals surface area (Å²) in [6.07, 6.45) is 2.10. The second kappa shape index (κ2) is 6.42. The molecule has 5 nitrogen and oxygen atoms in total. The number of methoxy groups -OCH3 is 1. The van der Waals surface area contributed by atoms with E-state index in [4.69, 9.17) is 9.72 Å². The topological polar surface area (TPSA) is 54.5 Å². The van der Waals surface area contributed by atoms with Gasteiger partial charge in [-0.2, -0.15) is 0 Å². The van der Waals surface area contributed by atoms with E-state index in [1.165, 1.54) is 0 Å². The standard InChI is InChI=1S/C19H23N3O2S/c1-19(21-18(23)13-7-8-13)11-22(12-19)9-17-20-15(10-25-17)14-5-3-4-6-16(14)24-2/h3-6,10,13H,7-9,11-12H2,1-2H3,(H,21,23). The molecule has 0 bridgehead atoms. The van der Waals surface area contributed by atoms with Crippen LogP contribution in [0, 0.1) is 5.92 Å². The smallest absolute Gasteiger partial charge is 0.223 e. The van der Waals surface area contributed by atoms with Crippen molar-refractivity contribution in [3.8, 4) is 17.0 Å². The summed E-state index contributed by atoms with van der Waals surface area (Å²) >= 11 is 1.67. The summed E-state index contributed by atoms with van der Waals surface area (Å²) in [4.78, 5) is 19.0. The third-order valence-corrected chi connectivity index (χ3v) is 5.65. The number of benzene rings is 1. The molecule has 1 aliphatic heterocycles. The lowest BCUT2D eigenvalue weighted by atomic mass is 9.92. The highest BCUT2D eigenvalue weighted by molar-refractivity contribution is 7.09. The summed E-state index contributed by atoms with van der Waals surface area (Å²) in [5.74, 6) is 1.35. The Morgan fingerprint density at radius 3 is 2.88 bits per heavy atom. The van der Waals surface area contributed by atoms with Gasteiger partial charge in [-0.3, -0.25) is 9.69 Å². The molecule has 1 saturated heterocycles. The zero-order valence-electron chi connectivity index (χ0n) is 14.6. The Morgan fingerprint density at radius 1 is 1.40 bits per heavy atom. The number of thiazole rings is 1. The normalized spacial score (nSPS) is 19.3. The van der Waals surface area contributed by atoms with Crippen molar-refractivity contribution in [1.29, 1.82) is 0 Å². The van der Waals surface area contributed by atoms with Crippen LogP contribution >= 0.6 is 11.3 Å². The number of nitrogens with zero attached hydrogens (tertiary/aromatic N) is 2. The maximum Gasteiger partial charge on any atom is 0.223 e. The molecule has 25 heavy (non-hydrogen) atoms. The number of ether oxygens (including phenoxy) is 1. The number of likely N-dealkylation sites (tertiary alicyclic amines) is 1. The summed E-state index contributed by atoms with van der Waals surface area (Å²) in [5, 5.41) is 6.38. The second-order valence-electron chi connectivity index (χ2n) is 7.30. The first-order valence-electron chi connectivity index (χ1n) is 8.68. The number of carbonyl (C=O) groups excluding carboxylic acids is 1. The number of hydrogen-bond donors (Lipinski definition) is 1. The fourth-order valence-electron chi connectivity index (χ4n) is 3.43. The molecule has 1 amide bonds. The van der Waals surface area contributed by atoms with Gasteiger partial charge in [0.15, 0.2) is 0 Å². The number of nitrogens with one attached hydrogen (secondary N) is 1. The van der Waals surface area contributed by atoms with Crippen LogP contribution in [0.5, 0.6) is 5.75 Å². The average molecular weight is 357 g/mol. The molecule has 2 aromatic rings. The van der Waals surface area contributed by atoms with E-state index in [0.717, 1.165) is 54.5 Å². The van der Waals surface area contributed by atoms with E-state index >= 15 is 0 Å². The van der Waals surface area contributed by atoms with Crippen molar-refractivity contribution in [1.82, 2.24) is 15.2 Å². The maximum absolute atomic E-state index is 11.9. The molecule has 0 radical (unpaired) electrons. The van der Waals surface area contributed by atoms with Crippen LogP contribution in [0.1, 0.15) is 24.8 Å². The van der Waals surface area contributed by atoms with Crippen molar-refractivity contribution in [2.24, 2.45) is 5.92 Å². The Morgan fingerprint density at radius 2 is 2.16 bits per heavy atom. The molecule has 132 valence electrons. The first-order chi connectivity index (χ1) is 12.1. The molecule has 1 aliphatic carbocycles. The Hall–Kier alpha value is -1.92. The Balaban J connectivity index is 1.35. The summed E-state index contributed by atoms with van der Waals surface area (Å²) in [5.41, 5.74) is 1.91. The number of rotatable bonds is 6. The number of amides is 1.